The maximum Gasteiger partial charge on any atom is 0.272 e. The number of carbonyl (C=O) groups excluding carboxylic acids is 2. The van der Waals surface area contributed by atoms with Crippen LogP contribution >= 0.6 is 0 Å². The summed E-state index contributed by atoms with van der Waals surface area (Å²) in [6.45, 7) is 3.84. The fourth-order valence-corrected chi connectivity index (χ4v) is 3.27. The molecule has 1 aliphatic carbocycles. The first-order valence-corrected chi connectivity index (χ1v) is 8.40. The summed E-state index contributed by atoms with van der Waals surface area (Å²) in [5.74, 6) is -0.190. The molecule has 7 nitrogen and oxygen atoms in total. The van der Waals surface area contributed by atoms with Gasteiger partial charge >= 0.3 is 0 Å². The number of nitrogens with one attached hydrogen (secondary N) is 1. The maximum atomic E-state index is 12.6. The second-order valence-corrected chi connectivity index (χ2v) is 6.17. The number of ether oxygens (including phenoxy) is 1. The Morgan fingerprint density at radius 2 is 2.17 bits per heavy atom. The Morgan fingerprint density at radius 3 is 2.91 bits per heavy atom. The third-order valence-electron chi connectivity index (χ3n) is 4.62. The van der Waals surface area contributed by atoms with Crippen molar-refractivity contribution in [3.63, 3.8) is 0 Å². The second-order valence-electron chi connectivity index (χ2n) is 6.17. The van der Waals surface area contributed by atoms with Crippen molar-refractivity contribution < 1.29 is 14.3 Å². The number of imidazole rings is 1. The number of rotatable bonds is 4. The van der Waals surface area contributed by atoms with Crippen molar-refractivity contribution in [2.24, 2.45) is 0 Å². The second kappa shape index (κ2) is 7.12. The smallest absolute Gasteiger partial charge is 0.272 e. The molecule has 2 fully saturated rings. The van der Waals surface area contributed by atoms with Crippen molar-refractivity contribution in [1.82, 2.24) is 19.8 Å². The lowest BCUT2D eigenvalue weighted by Crippen LogP contribution is -2.53. The topological polar surface area (TPSA) is 76.5 Å². The minimum atomic E-state index is -0.578. The molecule has 1 atom stereocenters. The number of nitrogens with zero attached hydrogens (tertiary/aromatic N) is 3. The third kappa shape index (κ3) is 3.55. The quantitative estimate of drug-likeness (QED) is 0.890. The lowest BCUT2D eigenvalue weighted by molar-refractivity contribution is -0.137. The predicted octanol–water partition coefficient (Wildman–Crippen LogP) is 0.803. The van der Waals surface area contributed by atoms with Crippen molar-refractivity contribution in [2.45, 2.75) is 51.3 Å². The van der Waals surface area contributed by atoms with Crippen LogP contribution in [0, 0.1) is 0 Å². The van der Waals surface area contributed by atoms with Crippen LogP contribution in [0.5, 0.6) is 0 Å². The molecule has 2 amide bonds. The zero-order chi connectivity index (χ0) is 16.2. The fraction of sp³-hybridized carbons (Fsp3) is 0.688. The Balaban J connectivity index is 1.61. The van der Waals surface area contributed by atoms with E-state index in [1.807, 2.05) is 11.5 Å². The van der Waals surface area contributed by atoms with Gasteiger partial charge in [-0.2, -0.15) is 0 Å². The van der Waals surface area contributed by atoms with Crippen LogP contribution in [-0.4, -0.2) is 58.1 Å². The Hall–Kier alpha value is -1.89. The number of aryl methyl sites for hydroxylation is 1. The van der Waals surface area contributed by atoms with Crippen LogP contribution in [0.2, 0.25) is 0 Å². The van der Waals surface area contributed by atoms with Crippen molar-refractivity contribution >= 4 is 11.8 Å². The summed E-state index contributed by atoms with van der Waals surface area (Å²) in [6, 6.07) is 0.263. The molecule has 3 rings (SSSR count). The molecule has 23 heavy (non-hydrogen) atoms. The predicted molar refractivity (Wildman–Crippen MR) is 83.9 cm³/mol. The fourth-order valence-electron chi connectivity index (χ4n) is 3.27. The summed E-state index contributed by atoms with van der Waals surface area (Å²) in [4.78, 5) is 30.7. The summed E-state index contributed by atoms with van der Waals surface area (Å²) in [7, 11) is 0. The van der Waals surface area contributed by atoms with E-state index in [9.17, 15) is 9.59 Å². The van der Waals surface area contributed by atoms with Crippen LogP contribution in [0.25, 0.3) is 0 Å². The van der Waals surface area contributed by atoms with Gasteiger partial charge in [-0.05, 0) is 19.8 Å². The number of carbonyl (C=O) groups is 2. The zero-order valence-corrected chi connectivity index (χ0v) is 13.5. The minimum Gasteiger partial charge on any atom is -0.365 e. The molecule has 0 unspecified atom stereocenters. The van der Waals surface area contributed by atoms with Gasteiger partial charge in [0.05, 0.1) is 25.7 Å². The molecular formula is C16H24N4O3. The van der Waals surface area contributed by atoms with E-state index < -0.39 is 6.10 Å². The first kappa shape index (κ1) is 16.0. The monoisotopic (exact) mass is 320 g/mol. The number of amides is 2. The molecule has 1 saturated carbocycles. The SMILES string of the molecule is CCn1cncc1C(=O)N1CCO[C@@H](C(=O)NC2CCCC2)C1. The van der Waals surface area contributed by atoms with Gasteiger partial charge < -0.3 is 19.5 Å². The van der Waals surface area contributed by atoms with Gasteiger partial charge in [-0.25, -0.2) is 4.98 Å². The first-order chi connectivity index (χ1) is 11.2. The number of aromatic nitrogens is 2. The summed E-state index contributed by atoms with van der Waals surface area (Å²) in [6.07, 6.45) is 7.07. The van der Waals surface area contributed by atoms with E-state index in [1.165, 1.54) is 12.8 Å². The van der Waals surface area contributed by atoms with Gasteiger partial charge in [0, 0.05) is 19.1 Å². The molecule has 0 radical (unpaired) electrons. The van der Waals surface area contributed by atoms with Gasteiger partial charge in [-0.3, -0.25) is 9.59 Å². The molecular weight excluding hydrogens is 296 g/mol. The van der Waals surface area contributed by atoms with Gasteiger partial charge in [-0.15, -0.1) is 0 Å². The molecule has 1 saturated heterocycles. The Morgan fingerprint density at radius 1 is 1.39 bits per heavy atom. The molecule has 1 aromatic heterocycles. The molecule has 1 N–H and O–H groups in total. The van der Waals surface area contributed by atoms with Gasteiger partial charge in [0.15, 0.2) is 6.10 Å². The standard InChI is InChI=1S/C16H24N4O3/c1-2-19-11-17-9-13(19)16(22)20-7-8-23-14(10-20)15(21)18-12-5-3-4-6-12/h9,11-12,14H,2-8,10H2,1H3,(H,18,21)/t14-/m1/s1. The lowest BCUT2D eigenvalue weighted by atomic mass is 10.2. The van der Waals surface area contributed by atoms with E-state index in [0.29, 0.717) is 31.9 Å². The minimum absolute atomic E-state index is 0.0914. The van der Waals surface area contributed by atoms with Crippen molar-refractivity contribution in [3.05, 3.63) is 18.2 Å². The van der Waals surface area contributed by atoms with Gasteiger partial charge in [-0.1, -0.05) is 12.8 Å². The van der Waals surface area contributed by atoms with E-state index in [4.69, 9.17) is 4.74 Å². The van der Waals surface area contributed by atoms with E-state index >= 15 is 0 Å². The number of hydrogen-bond donors (Lipinski definition) is 1. The van der Waals surface area contributed by atoms with Crippen LogP contribution in [0.1, 0.15) is 43.1 Å². The number of morpholine rings is 1. The van der Waals surface area contributed by atoms with E-state index in [-0.39, 0.29) is 17.9 Å². The van der Waals surface area contributed by atoms with Gasteiger partial charge in [0.1, 0.15) is 5.69 Å². The summed E-state index contributed by atoms with van der Waals surface area (Å²) in [5.41, 5.74) is 0.560. The first-order valence-electron chi connectivity index (χ1n) is 8.40. The highest BCUT2D eigenvalue weighted by molar-refractivity contribution is 5.93. The van der Waals surface area contributed by atoms with Gasteiger partial charge in [0.2, 0.25) is 0 Å². The van der Waals surface area contributed by atoms with E-state index in [0.717, 1.165) is 12.8 Å². The largest absolute Gasteiger partial charge is 0.365 e. The van der Waals surface area contributed by atoms with Gasteiger partial charge in [0.25, 0.3) is 11.8 Å². The van der Waals surface area contributed by atoms with E-state index in [2.05, 4.69) is 10.3 Å². The number of hydrogen-bond acceptors (Lipinski definition) is 4. The zero-order valence-electron chi connectivity index (χ0n) is 13.5. The summed E-state index contributed by atoms with van der Waals surface area (Å²) < 4.78 is 7.39. The normalized spacial score (nSPS) is 22.3. The van der Waals surface area contributed by atoms with E-state index in [1.54, 1.807) is 17.4 Å². The highest BCUT2D eigenvalue weighted by Crippen LogP contribution is 2.18. The van der Waals surface area contributed by atoms with Crippen LogP contribution in [-0.2, 0) is 16.1 Å². The Labute approximate surface area is 136 Å². The van der Waals surface area contributed by atoms with Crippen molar-refractivity contribution in [3.8, 4) is 0 Å². The Kier molecular flexibility index (Phi) is 4.95. The maximum absolute atomic E-state index is 12.6. The van der Waals surface area contributed by atoms with Crippen molar-refractivity contribution in [2.75, 3.05) is 19.7 Å². The summed E-state index contributed by atoms with van der Waals surface area (Å²) in [5, 5.41) is 3.05. The average molecular weight is 320 g/mol. The van der Waals surface area contributed by atoms with Crippen LogP contribution in [0.4, 0.5) is 0 Å². The average Bonchev–Trinajstić information content (AvgIpc) is 3.25. The third-order valence-corrected chi connectivity index (χ3v) is 4.62. The molecule has 7 heteroatoms. The van der Waals surface area contributed by atoms with Crippen LogP contribution in [0.3, 0.4) is 0 Å². The van der Waals surface area contributed by atoms with Crippen LogP contribution in [0.15, 0.2) is 12.5 Å². The molecule has 126 valence electrons. The van der Waals surface area contributed by atoms with Crippen molar-refractivity contribution in [1.29, 1.82) is 0 Å². The molecule has 2 heterocycles. The molecule has 1 aromatic rings. The molecule has 0 bridgehead atoms. The molecule has 1 aliphatic heterocycles. The molecule has 0 spiro atoms. The molecule has 2 aliphatic rings. The van der Waals surface area contributed by atoms with Crippen LogP contribution < -0.4 is 5.32 Å². The molecule has 0 aromatic carbocycles. The summed E-state index contributed by atoms with van der Waals surface area (Å²) >= 11 is 0. The highest BCUT2D eigenvalue weighted by atomic mass is 16.5. The lowest BCUT2D eigenvalue weighted by Gasteiger charge is -2.32. The Bertz CT molecular complexity index is 565. The highest BCUT2D eigenvalue weighted by Gasteiger charge is 2.32.